The lowest BCUT2D eigenvalue weighted by atomic mass is 9.70. The smallest absolute Gasteiger partial charge is 0.126 e. The summed E-state index contributed by atoms with van der Waals surface area (Å²) in [6.07, 6.45) is 8.27. The molecular formula is C16H21F. The summed E-state index contributed by atoms with van der Waals surface area (Å²) in [6, 6.07) is 5.72. The highest BCUT2D eigenvalue weighted by Crippen LogP contribution is 2.45. The summed E-state index contributed by atoms with van der Waals surface area (Å²) in [7, 11) is 0. The molecule has 2 aliphatic rings. The van der Waals surface area contributed by atoms with Crippen LogP contribution in [-0.4, -0.2) is 0 Å². The zero-order valence-corrected chi connectivity index (χ0v) is 10.6. The molecule has 17 heavy (non-hydrogen) atoms. The Morgan fingerprint density at radius 2 is 1.88 bits per heavy atom. The summed E-state index contributed by atoms with van der Waals surface area (Å²) >= 11 is 0. The maximum Gasteiger partial charge on any atom is 0.126 e. The molecule has 0 aliphatic heterocycles. The molecule has 3 rings (SSSR count). The Labute approximate surface area is 103 Å². The summed E-state index contributed by atoms with van der Waals surface area (Å²) < 4.78 is 13.4. The summed E-state index contributed by atoms with van der Waals surface area (Å²) in [4.78, 5) is 0. The molecule has 1 aromatic carbocycles. The second-order valence-electron chi connectivity index (χ2n) is 6.17. The molecule has 0 nitrogen and oxygen atoms in total. The normalized spacial score (nSPS) is 27.9. The van der Waals surface area contributed by atoms with Gasteiger partial charge in [-0.1, -0.05) is 25.0 Å². The van der Waals surface area contributed by atoms with Gasteiger partial charge in [-0.2, -0.15) is 0 Å². The monoisotopic (exact) mass is 232 g/mol. The molecule has 0 spiro atoms. The second kappa shape index (κ2) is 4.44. The molecular weight excluding hydrogens is 211 g/mol. The Balaban J connectivity index is 1.49. The minimum atomic E-state index is -0.0450. The zero-order valence-electron chi connectivity index (χ0n) is 10.6. The number of benzene rings is 1. The minimum Gasteiger partial charge on any atom is -0.207 e. The largest absolute Gasteiger partial charge is 0.207 e. The molecule has 0 aromatic heterocycles. The average molecular weight is 232 g/mol. The van der Waals surface area contributed by atoms with E-state index in [-0.39, 0.29) is 5.82 Å². The van der Waals surface area contributed by atoms with E-state index in [1.54, 1.807) is 6.07 Å². The minimum absolute atomic E-state index is 0.0450. The van der Waals surface area contributed by atoms with Gasteiger partial charge in [-0.15, -0.1) is 0 Å². The number of halogens is 1. The first-order valence-corrected chi connectivity index (χ1v) is 6.95. The van der Waals surface area contributed by atoms with E-state index in [9.17, 15) is 4.39 Å². The van der Waals surface area contributed by atoms with E-state index in [0.29, 0.717) is 0 Å². The van der Waals surface area contributed by atoms with Crippen molar-refractivity contribution in [2.24, 2.45) is 17.8 Å². The van der Waals surface area contributed by atoms with Crippen molar-refractivity contribution in [2.45, 2.75) is 45.4 Å². The fourth-order valence-electron chi connectivity index (χ4n) is 3.15. The van der Waals surface area contributed by atoms with Crippen LogP contribution in [0.4, 0.5) is 4.39 Å². The van der Waals surface area contributed by atoms with Gasteiger partial charge in [0.25, 0.3) is 0 Å². The Bertz CT molecular complexity index is 400. The van der Waals surface area contributed by atoms with Crippen molar-refractivity contribution < 1.29 is 4.39 Å². The fourth-order valence-corrected chi connectivity index (χ4v) is 3.15. The van der Waals surface area contributed by atoms with Gasteiger partial charge in [0.05, 0.1) is 0 Å². The number of hydrogen-bond acceptors (Lipinski definition) is 0. The van der Waals surface area contributed by atoms with E-state index in [0.717, 1.165) is 29.7 Å². The van der Waals surface area contributed by atoms with Gasteiger partial charge in [0.15, 0.2) is 0 Å². The number of aryl methyl sites for hydroxylation is 1. The van der Waals surface area contributed by atoms with Crippen LogP contribution >= 0.6 is 0 Å². The standard InChI is InChI=1S/C16H21F/c1-11-2-3-13(10-16(11)17)7-15-8-14(9-15)6-12-4-5-12/h2-3,10,12,14-15H,4-9H2,1H3. The summed E-state index contributed by atoms with van der Waals surface area (Å²) in [5.74, 6) is 2.83. The molecule has 0 amide bonds. The first-order valence-electron chi connectivity index (χ1n) is 6.95. The lowest BCUT2D eigenvalue weighted by molar-refractivity contribution is 0.174. The predicted octanol–water partition coefficient (Wildman–Crippen LogP) is 4.50. The van der Waals surface area contributed by atoms with Gasteiger partial charge >= 0.3 is 0 Å². The lowest BCUT2D eigenvalue weighted by Crippen LogP contribution is -2.25. The molecule has 0 radical (unpaired) electrons. The van der Waals surface area contributed by atoms with Crippen LogP contribution in [0.25, 0.3) is 0 Å². The van der Waals surface area contributed by atoms with Crippen molar-refractivity contribution in [3.63, 3.8) is 0 Å². The Morgan fingerprint density at radius 1 is 1.12 bits per heavy atom. The fraction of sp³-hybridized carbons (Fsp3) is 0.625. The van der Waals surface area contributed by atoms with Crippen molar-refractivity contribution in [3.05, 3.63) is 35.1 Å². The van der Waals surface area contributed by atoms with Gasteiger partial charge in [-0.25, -0.2) is 4.39 Å². The highest BCUT2D eigenvalue weighted by molar-refractivity contribution is 5.23. The Hall–Kier alpha value is -0.850. The van der Waals surface area contributed by atoms with Crippen LogP contribution < -0.4 is 0 Å². The third-order valence-corrected chi connectivity index (χ3v) is 4.46. The van der Waals surface area contributed by atoms with E-state index >= 15 is 0 Å². The molecule has 0 N–H and O–H groups in total. The highest BCUT2D eigenvalue weighted by Gasteiger charge is 2.33. The Morgan fingerprint density at radius 3 is 2.53 bits per heavy atom. The van der Waals surface area contributed by atoms with Crippen LogP contribution in [0.3, 0.4) is 0 Å². The lowest BCUT2D eigenvalue weighted by Gasteiger charge is -2.35. The van der Waals surface area contributed by atoms with Crippen molar-refractivity contribution >= 4 is 0 Å². The van der Waals surface area contributed by atoms with Gasteiger partial charge in [-0.3, -0.25) is 0 Å². The van der Waals surface area contributed by atoms with Gasteiger partial charge in [0.2, 0.25) is 0 Å². The van der Waals surface area contributed by atoms with Crippen LogP contribution in [0.2, 0.25) is 0 Å². The van der Waals surface area contributed by atoms with Crippen molar-refractivity contribution in [2.75, 3.05) is 0 Å². The quantitative estimate of drug-likeness (QED) is 0.717. The van der Waals surface area contributed by atoms with E-state index in [1.165, 1.54) is 37.7 Å². The van der Waals surface area contributed by atoms with Crippen molar-refractivity contribution in [3.8, 4) is 0 Å². The van der Waals surface area contributed by atoms with Crippen molar-refractivity contribution in [1.82, 2.24) is 0 Å². The highest BCUT2D eigenvalue weighted by atomic mass is 19.1. The SMILES string of the molecule is Cc1ccc(CC2CC(CC3CC3)C2)cc1F. The van der Waals surface area contributed by atoms with E-state index < -0.39 is 0 Å². The molecule has 1 aromatic rings. The first-order chi connectivity index (χ1) is 8.20. The molecule has 2 saturated carbocycles. The van der Waals surface area contributed by atoms with Crippen LogP contribution in [0.15, 0.2) is 18.2 Å². The van der Waals surface area contributed by atoms with E-state index in [2.05, 4.69) is 6.07 Å². The molecule has 2 aliphatic carbocycles. The predicted molar refractivity (Wildman–Crippen MR) is 68.4 cm³/mol. The molecule has 0 atom stereocenters. The topological polar surface area (TPSA) is 0 Å². The first kappa shape index (κ1) is 11.3. The van der Waals surface area contributed by atoms with Crippen LogP contribution in [0.5, 0.6) is 0 Å². The average Bonchev–Trinajstić information content (AvgIpc) is 3.04. The van der Waals surface area contributed by atoms with Crippen molar-refractivity contribution in [1.29, 1.82) is 0 Å². The molecule has 0 heterocycles. The van der Waals surface area contributed by atoms with Gasteiger partial charge in [0.1, 0.15) is 5.82 Å². The third-order valence-electron chi connectivity index (χ3n) is 4.46. The summed E-state index contributed by atoms with van der Waals surface area (Å²) in [5.41, 5.74) is 1.94. The molecule has 92 valence electrons. The van der Waals surface area contributed by atoms with Gasteiger partial charge < -0.3 is 0 Å². The molecule has 0 saturated heterocycles. The van der Waals surface area contributed by atoms with Crippen LogP contribution in [-0.2, 0) is 6.42 Å². The number of hydrogen-bond donors (Lipinski definition) is 0. The van der Waals surface area contributed by atoms with Crippen LogP contribution in [0.1, 0.15) is 43.2 Å². The zero-order chi connectivity index (χ0) is 11.8. The molecule has 1 heteroatoms. The summed E-state index contributed by atoms with van der Waals surface area (Å²) in [5, 5.41) is 0. The van der Waals surface area contributed by atoms with Crippen LogP contribution in [0, 0.1) is 30.5 Å². The molecule has 0 bridgehead atoms. The number of rotatable bonds is 4. The maximum atomic E-state index is 13.4. The Kier molecular flexibility index (Phi) is 2.94. The maximum absolute atomic E-state index is 13.4. The molecule has 0 unspecified atom stereocenters. The summed E-state index contributed by atoms with van der Waals surface area (Å²) in [6.45, 7) is 1.83. The third kappa shape index (κ3) is 2.70. The second-order valence-corrected chi connectivity index (χ2v) is 6.17. The van der Waals surface area contributed by atoms with Gasteiger partial charge in [-0.05, 0) is 67.6 Å². The van der Waals surface area contributed by atoms with E-state index in [4.69, 9.17) is 0 Å². The van der Waals surface area contributed by atoms with E-state index in [1.807, 2.05) is 13.0 Å². The van der Waals surface area contributed by atoms with Gasteiger partial charge in [0, 0.05) is 0 Å². The molecule has 2 fully saturated rings.